The van der Waals surface area contributed by atoms with Crippen molar-refractivity contribution in [1.29, 1.82) is 0 Å². The number of guanidine groups is 1. The molecule has 150 valence electrons. The minimum Gasteiger partial charge on any atom is -0.360 e. The summed E-state index contributed by atoms with van der Waals surface area (Å²) >= 11 is 1.65. The standard InChI is InChI=1S/C21H24N6OS/c1-22-20(23-10-11-24-21-27-17-8-4-5-9-18(17)29-21)25-13-14-12-19(28)26-16-7-3-2-6-15(14)16/h2-9,14H,10-13H2,1H3,(H,24,27)(H,26,28)(H2,22,23,25). The molecule has 3 aromatic rings. The molecule has 0 saturated carbocycles. The Morgan fingerprint density at radius 3 is 2.86 bits per heavy atom. The molecule has 4 N–H and O–H groups in total. The van der Waals surface area contributed by atoms with Crippen LogP contribution in [0.4, 0.5) is 10.8 Å². The first-order valence-corrected chi connectivity index (χ1v) is 10.5. The summed E-state index contributed by atoms with van der Waals surface area (Å²) in [6.45, 7) is 2.09. The van der Waals surface area contributed by atoms with Gasteiger partial charge in [0, 0.05) is 44.7 Å². The number of benzene rings is 2. The smallest absolute Gasteiger partial charge is 0.225 e. The van der Waals surface area contributed by atoms with E-state index in [0.29, 0.717) is 19.5 Å². The van der Waals surface area contributed by atoms with Gasteiger partial charge >= 0.3 is 0 Å². The zero-order chi connectivity index (χ0) is 20.1. The number of nitrogens with one attached hydrogen (secondary N) is 4. The fourth-order valence-corrected chi connectivity index (χ4v) is 4.31. The third-order valence-corrected chi connectivity index (χ3v) is 5.83. The molecule has 0 fully saturated rings. The number of thiazole rings is 1. The van der Waals surface area contributed by atoms with E-state index in [1.807, 2.05) is 36.4 Å². The Morgan fingerprint density at radius 1 is 1.17 bits per heavy atom. The molecule has 1 unspecified atom stereocenters. The summed E-state index contributed by atoms with van der Waals surface area (Å²) in [4.78, 5) is 20.8. The second kappa shape index (κ2) is 8.91. The summed E-state index contributed by atoms with van der Waals surface area (Å²) in [6, 6.07) is 16.1. The molecule has 1 aromatic heterocycles. The lowest BCUT2D eigenvalue weighted by Gasteiger charge is -2.26. The predicted molar refractivity (Wildman–Crippen MR) is 120 cm³/mol. The summed E-state index contributed by atoms with van der Waals surface area (Å²) in [5.41, 5.74) is 3.08. The van der Waals surface area contributed by atoms with E-state index in [1.54, 1.807) is 18.4 Å². The molecule has 1 amide bonds. The zero-order valence-corrected chi connectivity index (χ0v) is 17.1. The molecule has 0 bridgehead atoms. The summed E-state index contributed by atoms with van der Waals surface area (Å²) in [6.07, 6.45) is 0.472. The first-order chi connectivity index (χ1) is 14.2. The van der Waals surface area contributed by atoms with Gasteiger partial charge in [-0.05, 0) is 23.8 Å². The predicted octanol–water partition coefficient (Wildman–Crippen LogP) is 3.00. The molecule has 0 saturated heterocycles. The number of rotatable bonds is 6. The van der Waals surface area contributed by atoms with Crippen LogP contribution >= 0.6 is 11.3 Å². The molecule has 1 atom stereocenters. The van der Waals surface area contributed by atoms with E-state index < -0.39 is 0 Å². The third kappa shape index (κ3) is 4.65. The van der Waals surface area contributed by atoms with Crippen molar-refractivity contribution in [3.63, 3.8) is 0 Å². The summed E-state index contributed by atoms with van der Waals surface area (Å²) < 4.78 is 1.18. The fraction of sp³-hybridized carbons (Fsp3) is 0.286. The minimum absolute atomic E-state index is 0.0541. The van der Waals surface area contributed by atoms with E-state index in [-0.39, 0.29) is 11.8 Å². The van der Waals surface area contributed by atoms with Gasteiger partial charge < -0.3 is 21.3 Å². The Bertz CT molecular complexity index is 998. The van der Waals surface area contributed by atoms with Gasteiger partial charge in [-0.3, -0.25) is 9.79 Å². The molecular weight excluding hydrogens is 384 g/mol. The first-order valence-electron chi connectivity index (χ1n) is 9.65. The number of aromatic nitrogens is 1. The van der Waals surface area contributed by atoms with Crippen molar-refractivity contribution in [2.75, 3.05) is 37.3 Å². The van der Waals surface area contributed by atoms with Crippen LogP contribution in [0.25, 0.3) is 10.2 Å². The highest BCUT2D eigenvalue weighted by molar-refractivity contribution is 7.22. The Labute approximate surface area is 173 Å². The van der Waals surface area contributed by atoms with Crippen LogP contribution in [-0.2, 0) is 4.79 Å². The van der Waals surface area contributed by atoms with Crippen LogP contribution in [0.5, 0.6) is 0 Å². The van der Waals surface area contributed by atoms with Crippen LogP contribution in [-0.4, -0.2) is 43.5 Å². The molecule has 4 rings (SSSR count). The molecule has 1 aliphatic rings. The van der Waals surface area contributed by atoms with Gasteiger partial charge in [0.25, 0.3) is 0 Å². The van der Waals surface area contributed by atoms with Crippen LogP contribution < -0.4 is 21.3 Å². The molecule has 29 heavy (non-hydrogen) atoms. The maximum Gasteiger partial charge on any atom is 0.225 e. The van der Waals surface area contributed by atoms with E-state index >= 15 is 0 Å². The van der Waals surface area contributed by atoms with Crippen molar-refractivity contribution < 1.29 is 4.79 Å². The van der Waals surface area contributed by atoms with Crippen LogP contribution in [0.2, 0.25) is 0 Å². The van der Waals surface area contributed by atoms with Crippen molar-refractivity contribution >= 4 is 44.2 Å². The van der Waals surface area contributed by atoms with Crippen LogP contribution in [0.1, 0.15) is 17.9 Å². The second-order valence-corrected chi connectivity index (χ2v) is 7.86. The zero-order valence-electron chi connectivity index (χ0n) is 16.2. The van der Waals surface area contributed by atoms with Crippen molar-refractivity contribution in [1.82, 2.24) is 15.6 Å². The maximum absolute atomic E-state index is 12.0. The third-order valence-electron chi connectivity index (χ3n) is 4.83. The molecular formula is C21H24N6OS. The second-order valence-electron chi connectivity index (χ2n) is 6.83. The van der Waals surface area contributed by atoms with Crippen LogP contribution in [0.3, 0.4) is 0 Å². The molecule has 2 heterocycles. The van der Waals surface area contributed by atoms with E-state index in [2.05, 4.69) is 43.4 Å². The van der Waals surface area contributed by atoms with Crippen molar-refractivity contribution in [3.8, 4) is 0 Å². The summed E-state index contributed by atoms with van der Waals surface area (Å²) in [5.74, 6) is 0.900. The maximum atomic E-state index is 12.0. The van der Waals surface area contributed by atoms with Gasteiger partial charge in [0.2, 0.25) is 5.91 Å². The molecule has 8 heteroatoms. The lowest BCUT2D eigenvalue weighted by molar-refractivity contribution is -0.116. The molecule has 1 aliphatic heterocycles. The van der Waals surface area contributed by atoms with E-state index in [9.17, 15) is 4.79 Å². The number of aliphatic imine (C=N–C) groups is 1. The number of hydrogen-bond donors (Lipinski definition) is 4. The van der Waals surface area contributed by atoms with Gasteiger partial charge in [0.05, 0.1) is 10.2 Å². The monoisotopic (exact) mass is 408 g/mol. The Morgan fingerprint density at radius 2 is 2.00 bits per heavy atom. The quantitative estimate of drug-likeness (QED) is 0.286. The normalized spacial score (nSPS) is 16.2. The van der Waals surface area contributed by atoms with E-state index in [1.165, 1.54) is 4.70 Å². The Balaban J connectivity index is 1.25. The van der Waals surface area contributed by atoms with Crippen molar-refractivity contribution in [2.45, 2.75) is 12.3 Å². The highest BCUT2D eigenvalue weighted by Gasteiger charge is 2.24. The number of carbonyl (C=O) groups is 1. The van der Waals surface area contributed by atoms with Gasteiger partial charge in [0.1, 0.15) is 0 Å². The summed E-state index contributed by atoms with van der Waals surface area (Å²) in [7, 11) is 1.75. The molecule has 0 spiro atoms. The lowest BCUT2D eigenvalue weighted by Crippen LogP contribution is -2.42. The number of carbonyl (C=O) groups excluding carboxylic acids is 1. The van der Waals surface area contributed by atoms with Gasteiger partial charge in [0.15, 0.2) is 11.1 Å². The molecule has 2 aromatic carbocycles. The van der Waals surface area contributed by atoms with E-state index in [4.69, 9.17) is 0 Å². The van der Waals surface area contributed by atoms with E-state index in [0.717, 1.165) is 34.4 Å². The molecule has 7 nitrogen and oxygen atoms in total. The first kappa shape index (κ1) is 19.2. The Kier molecular flexibility index (Phi) is 5.90. The fourth-order valence-electron chi connectivity index (χ4n) is 3.42. The molecule has 0 radical (unpaired) electrons. The number of fused-ring (bicyclic) bond motifs is 2. The molecule has 0 aliphatic carbocycles. The number of hydrogen-bond acceptors (Lipinski definition) is 5. The highest BCUT2D eigenvalue weighted by atomic mass is 32.1. The van der Waals surface area contributed by atoms with Crippen molar-refractivity contribution in [2.24, 2.45) is 4.99 Å². The number of anilines is 2. The average Bonchev–Trinajstić information content (AvgIpc) is 3.16. The topological polar surface area (TPSA) is 90.4 Å². The lowest BCUT2D eigenvalue weighted by atomic mass is 9.90. The minimum atomic E-state index is 0.0541. The van der Waals surface area contributed by atoms with Gasteiger partial charge in [-0.1, -0.05) is 41.7 Å². The van der Waals surface area contributed by atoms with Gasteiger partial charge in [-0.2, -0.15) is 0 Å². The van der Waals surface area contributed by atoms with Crippen LogP contribution in [0.15, 0.2) is 53.5 Å². The number of nitrogens with zero attached hydrogens (tertiary/aromatic N) is 2. The average molecular weight is 409 g/mol. The summed E-state index contributed by atoms with van der Waals surface area (Å²) in [5, 5.41) is 13.8. The van der Waals surface area contributed by atoms with Gasteiger partial charge in [-0.25, -0.2) is 4.98 Å². The number of para-hydroxylation sites is 2. The number of amides is 1. The highest BCUT2D eigenvalue weighted by Crippen LogP contribution is 2.31. The SMILES string of the molecule is CN=C(NCCNc1nc2ccccc2s1)NCC1CC(=O)Nc2ccccc21. The van der Waals surface area contributed by atoms with Gasteiger partial charge in [-0.15, -0.1) is 0 Å². The Hall–Kier alpha value is -3.13. The van der Waals surface area contributed by atoms with Crippen LogP contribution in [0, 0.1) is 0 Å². The van der Waals surface area contributed by atoms with Crippen molar-refractivity contribution in [3.05, 3.63) is 54.1 Å². The largest absolute Gasteiger partial charge is 0.360 e.